The van der Waals surface area contributed by atoms with Crippen molar-refractivity contribution < 1.29 is 14.3 Å². The van der Waals surface area contributed by atoms with E-state index in [1.807, 2.05) is 44.2 Å². The van der Waals surface area contributed by atoms with E-state index < -0.39 is 12.1 Å². The molecule has 1 fully saturated rings. The SMILES string of the molecule is CCOC(C)CN1C(=O)C(C)NC(=O)C1c1ccccc1. The summed E-state index contributed by atoms with van der Waals surface area (Å²) in [6.07, 6.45) is -0.108. The van der Waals surface area contributed by atoms with Gasteiger partial charge >= 0.3 is 0 Å². The van der Waals surface area contributed by atoms with E-state index >= 15 is 0 Å². The molecule has 0 saturated carbocycles. The van der Waals surface area contributed by atoms with Gasteiger partial charge in [-0.15, -0.1) is 0 Å². The van der Waals surface area contributed by atoms with Gasteiger partial charge < -0.3 is 15.0 Å². The quantitative estimate of drug-likeness (QED) is 0.894. The standard InChI is InChI=1S/C16H22N2O3/c1-4-21-11(2)10-18-14(13-8-6-5-7-9-13)15(19)17-12(3)16(18)20/h5-9,11-12,14H,4,10H2,1-3H3,(H,17,19). The number of nitrogens with one attached hydrogen (secondary N) is 1. The van der Waals surface area contributed by atoms with Gasteiger partial charge in [-0.2, -0.15) is 0 Å². The lowest BCUT2D eigenvalue weighted by Gasteiger charge is -2.39. The molecule has 5 nitrogen and oxygen atoms in total. The highest BCUT2D eigenvalue weighted by Gasteiger charge is 2.39. The van der Waals surface area contributed by atoms with E-state index in [0.29, 0.717) is 13.2 Å². The van der Waals surface area contributed by atoms with Crippen molar-refractivity contribution in [2.45, 2.75) is 39.0 Å². The molecular weight excluding hydrogens is 268 g/mol. The van der Waals surface area contributed by atoms with Crippen LogP contribution in [0.4, 0.5) is 0 Å². The highest BCUT2D eigenvalue weighted by molar-refractivity contribution is 5.97. The van der Waals surface area contributed by atoms with Crippen LogP contribution in [0.2, 0.25) is 0 Å². The maximum Gasteiger partial charge on any atom is 0.248 e. The summed E-state index contributed by atoms with van der Waals surface area (Å²) in [6, 6.07) is 8.29. The van der Waals surface area contributed by atoms with E-state index in [2.05, 4.69) is 5.32 Å². The third-order valence-corrected chi connectivity index (χ3v) is 3.59. The zero-order chi connectivity index (χ0) is 15.4. The van der Waals surface area contributed by atoms with E-state index in [1.54, 1.807) is 11.8 Å². The molecule has 1 saturated heterocycles. The van der Waals surface area contributed by atoms with Crippen LogP contribution in [0.3, 0.4) is 0 Å². The van der Waals surface area contributed by atoms with Gasteiger partial charge in [0.15, 0.2) is 0 Å². The first kappa shape index (κ1) is 15.5. The van der Waals surface area contributed by atoms with Gasteiger partial charge in [0.2, 0.25) is 11.8 Å². The van der Waals surface area contributed by atoms with Gasteiger partial charge in [-0.1, -0.05) is 30.3 Å². The van der Waals surface area contributed by atoms with Crippen LogP contribution in [0.15, 0.2) is 30.3 Å². The molecule has 21 heavy (non-hydrogen) atoms. The third-order valence-electron chi connectivity index (χ3n) is 3.59. The maximum absolute atomic E-state index is 12.4. The third kappa shape index (κ3) is 3.42. The first-order valence-electron chi connectivity index (χ1n) is 7.32. The minimum Gasteiger partial charge on any atom is -0.377 e. The minimum atomic E-state index is -0.585. The highest BCUT2D eigenvalue weighted by Crippen LogP contribution is 2.25. The van der Waals surface area contributed by atoms with Gasteiger partial charge in [0, 0.05) is 13.2 Å². The average molecular weight is 290 g/mol. The van der Waals surface area contributed by atoms with Crippen LogP contribution < -0.4 is 5.32 Å². The van der Waals surface area contributed by atoms with E-state index in [4.69, 9.17) is 4.74 Å². The molecule has 2 amide bonds. The summed E-state index contributed by atoms with van der Waals surface area (Å²) in [5.41, 5.74) is 0.818. The lowest BCUT2D eigenvalue weighted by atomic mass is 9.99. The molecule has 3 unspecified atom stereocenters. The Hall–Kier alpha value is -1.88. The second-order valence-electron chi connectivity index (χ2n) is 5.30. The van der Waals surface area contributed by atoms with Crippen molar-refractivity contribution >= 4 is 11.8 Å². The van der Waals surface area contributed by atoms with E-state index in [9.17, 15) is 9.59 Å². The number of benzene rings is 1. The molecular formula is C16H22N2O3. The normalized spacial score (nSPS) is 23.9. The lowest BCUT2D eigenvalue weighted by molar-refractivity contribution is -0.151. The number of carbonyl (C=O) groups excluding carboxylic acids is 2. The number of nitrogens with zero attached hydrogens (tertiary/aromatic N) is 1. The number of hydrogen-bond donors (Lipinski definition) is 1. The summed E-state index contributed by atoms with van der Waals surface area (Å²) in [5.74, 6) is -0.216. The Kier molecular flexibility index (Phi) is 4.96. The Morgan fingerprint density at radius 3 is 2.57 bits per heavy atom. The first-order valence-corrected chi connectivity index (χ1v) is 7.32. The van der Waals surface area contributed by atoms with Gasteiger partial charge in [-0.3, -0.25) is 9.59 Å². The maximum atomic E-state index is 12.4. The predicted molar refractivity (Wildman–Crippen MR) is 79.6 cm³/mol. The molecule has 1 aromatic carbocycles. The molecule has 0 aromatic heterocycles. The van der Waals surface area contributed by atoms with Crippen LogP contribution in [-0.2, 0) is 14.3 Å². The van der Waals surface area contributed by atoms with Crippen LogP contribution >= 0.6 is 0 Å². The molecule has 0 radical (unpaired) electrons. The molecule has 0 bridgehead atoms. The molecule has 1 aliphatic heterocycles. The Labute approximate surface area is 125 Å². The number of piperazine rings is 1. The van der Waals surface area contributed by atoms with Crippen molar-refractivity contribution in [1.82, 2.24) is 10.2 Å². The molecule has 0 aliphatic carbocycles. The minimum absolute atomic E-state index is 0.0741. The molecule has 1 heterocycles. The fourth-order valence-corrected chi connectivity index (χ4v) is 2.65. The van der Waals surface area contributed by atoms with Gasteiger partial charge in [-0.05, 0) is 26.3 Å². The summed E-state index contributed by atoms with van der Waals surface area (Å²) in [7, 11) is 0. The zero-order valence-corrected chi connectivity index (χ0v) is 12.7. The van der Waals surface area contributed by atoms with Gasteiger partial charge in [0.25, 0.3) is 0 Å². The lowest BCUT2D eigenvalue weighted by Crippen LogP contribution is -2.59. The molecule has 5 heteroatoms. The number of carbonyl (C=O) groups is 2. The van der Waals surface area contributed by atoms with Gasteiger partial charge in [0.1, 0.15) is 12.1 Å². The predicted octanol–water partition coefficient (Wildman–Crippen LogP) is 1.50. The summed E-state index contributed by atoms with van der Waals surface area (Å²) < 4.78 is 5.52. The number of amides is 2. The summed E-state index contributed by atoms with van der Waals surface area (Å²) in [4.78, 5) is 26.4. The second kappa shape index (κ2) is 6.72. The molecule has 1 aromatic rings. The molecule has 0 spiro atoms. The van der Waals surface area contributed by atoms with Crippen LogP contribution in [0.1, 0.15) is 32.4 Å². The first-order chi connectivity index (χ1) is 10.0. The topological polar surface area (TPSA) is 58.6 Å². The summed E-state index contributed by atoms with van der Waals surface area (Å²) >= 11 is 0. The number of ether oxygens (including phenoxy) is 1. The smallest absolute Gasteiger partial charge is 0.248 e. The van der Waals surface area contributed by atoms with Crippen molar-refractivity contribution in [1.29, 1.82) is 0 Å². The van der Waals surface area contributed by atoms with Crippen molar-refractivity contribution in [3.05, 3.63) is 35.9 Å². The fraction of sp³-hybridized carbons (Fsp3) is 0.500. The monoisotopic (exact) mass is 290 g/mol. The summed E-state index contributed by atoms with van der Waals surface area (Å²) in [5, 5.41) is 2.74. The zero-order valence-electron chi connectivity index (χ0n) is 12.7. The molecule has 1 aliphatic rings. The van der Waals surface area contributed by atoms with Crippen LogP contribution in [0, 0.1) is 0 Å². The van der Waals surface area contributed by atoms with Crippen molar-refractivity contribution in [2.24, 2.45) is 0 Å². The van der Waals surface area contributed by atoms with E-state index in [0.717, 1.165) is 5.56 Å². The van der Waals surface area contributed by atoms with Gasteiger partial charge in [0.05, 0.1) is 6.10 Å². The molecule has 114 valence electrons. The summed E-state index contributed by atoms with van der Waals surface area (Å²) in [6.45, 7) is 6.53. The van der Waals surface area contributed by atoms with E-state index in [1.165, 1.54) is 0 Å². The fourth-order valence-electron chi connectivity index (χ4n) is 2.65. The molecule has 1 N–H and O–H groups in total. The highest BCUT2D eigenvalue weighted by atomic mass is 16.5. The van der Waals surface area contributed by atoms with Crippen molar-refractivity contribution in [3.63, 3.8) is 0 Å². The molecule has 3 atom stereocenters. The number of hydrogen-bond acceptors (Lipinski definition) is 3. The van der Waals surface area contributed by atoms with E-state index in [-0.39, 0.29) is 17.9 Å². The average Bonchev–Trinajstić information content (AvgIpc) is 2.46. The Balaban J connectivity index is 2.28. The molecule has 2 rings (SSSR count). The Morgan fingerprint density at radius 1 is 1.29 bits per heavy atom. The van der Waals surface area contributed by atoms with Crippen molar-refractivity contribution in [3.8, 4) is 0 Å². The Bertz CT molecular complexity index is 504. The van der Waals surface area contributed by atoms with Crippen LogP contribution in [0.5, 0.6) is 0 Å². The van der Waals surface area contributed by atoms with Crippen LogP contribution in [-0.4, -0.2) is 42.0 Å². The van der Waals surface area contributed by atoms with Crippen molar-refractivity contribution in [2.75, 3.05) is 13.2 Å². The second-order valence-corrected chi connectivity index (χ2v) is 5.30. The number of rotatable bonds is 5. The van der Waals surface area contributed by atoms with Crippen LogP contribution in [0.25, 0.3) is 0 Å². The van der Waals surface area contributed by atoms with Gasteiger partial charge in [-0.25, -0.2) is 0 Å². The largest absolute Gasteiger partial charge is 0.377 e. The Morgan fingerprint density at radius 2 is 1.95 bits per heavy atom.